The molecule has 2 aliphatic rings. The van der Waals surface area contributed by atoms with E-state index in [-0.39, 0.29) is 18.6 Å². The van der Waals surface area contributed by atoms with E-state index >= 15 is 0 Å². The van der Waals surface area contributed by atoms with Gasteiger partial charge in [-0.1, -0.05) is 13.8 Å². The fraction of sp³-hybridized carbons (Fsp3) is 0.562. The van der Waals surface area contributed by atoms with Gasteiger partial charge >= 0.3 is 0 Å². The molecule has 3 rings (SSSR count). The van der Waals surface area contributed by atoms with E-state index in [2.05, 4.69) is 19.2 Å². The first-order valence-corrected chi connectivity index (χ1v) is 7.54. The largest absolute Gasteiger partial charge is 0.488 e. The fourth-order valence-electron chi connectivity index (χ4n) is 3.37. The van der Waals surface area contributed by atoms with Gasteiger partial charge in [0.25, 0.3) is 5.91 Å². The van der Waals surface area contributed by atoms with Gasteiger partial charge in [0.2, 0.25) is 0 Å². The number of fused-ring (bicyclic) bond motifs is 1. The zero-order chi connectivity index (χ0) is 15.0. The third-order valence-corrected chi connectivity index (χ3v) is 4.17. The van der Waals surface area contributed by atoms with E-state index in [1.165, 1.54) is 6.42 Å². The van der Waals surface area contributed by atoms with Crippen molar-refractivity contribution in [2.24, 2.45) is 11.8 Å². The first kappa shape index (κ1) is 14.0. The normalized spacial score (nSPS) is 28.3. The van der Waals surface area contributed by atoms with Crippen LogP contribution in [-0.4, -0.2) is 18.6 Å². The van der Waals surface area contributed by atoms with E-state index in [1.54, 1.807) is 12.1 Å². The molecule has 1 saturated carbocycles. The number of rotatable bonds is 2. The molecule has 1 fully saturated rings. The van der Waals surface area contributed by atoms with E-state index in [0.29, 0.717) is 34.7 Å². The highest BCUT2D eigenvalue weighted by Crippen LogP contribution is 2.39. The van der Waals surface area contributed by atoms with Crippen LogP contribution in [0.2, 0.25) is 0 Å². The van der Waals surface area contributed by atoms with E-state index < -0.39 is 0 Å². The van der Waals surface area contributed by atoms with Crippen molar-refractivity contribution < 1.29 is 14.3 Å². The molecule has 0 bridgehead atoms. The van der Waals surface area contributed by atoms with Gasteiger partial charge in [-0.3, -0.25) is 4.79 Å². The van der Waals surface area contributed by atoms with Crippen molar-refractivity contribution in [2.45, 2.75) is 39.2 Å². The summed E-state index contributed by atoms with van der Waals surface area (Å²) in [6.45, 7) is 4.55. The second-order valence-electron chi connectivity index (χ2n) is 6.38. The average molecular weight is 290 g/mol. The van der Waals surface area contributed by atoms with Crippen molar-refractivity contribution in [3.63, 3.8) is 0 Å². The van der Waals surface area contributed by atoms with Crippen LogP contribution in [0.25, 0.3) is 0 Å². The number of carbonyl (C=O) groups excluding carboxylic acids is 1. The van der Waals surface area contributed by atoms with Gasteiger partial charge in [0.05, 0.1) is 17.5 Å². The number of carbonyl (C=O) groups is 1. The summed E-state index contributed by atoms with van der Waals surface area (Å²) in [6.07, 6.45) is 3.53. The predicted octanol–water partition coefficient (Wildman–Crippen LogP) is 2.80. The number of benzene rings is 1. The molecular weight excluding hydrogens is 268 g/mol. The van der Waals surface area contributed by atoms with E-state index in [0.717, 1.165) is 12.8 Å². The van der Waals surface area contributed by atoms with Crippen LogP contribution in [0.1, 0.15) is 33.1 Å². The Bertz CT molecular complexity index is 549. The molecule has 2 atom stereocenters. The number of anilines is 2. The molecule has 0 spiro atoms. The molecular formula is C16H22N2O3. The van der Waals surface area contributed by atoms with Crippen LogP contribution in [-0.2, 0) is 4.79 Å². The maximum Gasteiger partial charge on any atom is 0.262 e. The Morgan fingerprint density at radius 2 is 1.95 bits per heavy atom. The molecule has 3 N–H and O–H groups in total. The van der Waals surface area contributed by atoms with E-state index in [4.69, 9.17) is 15.2 Å². The second-order valence-corrected chi connectivity index (χ2v) is 6.38. The maximum absolute atomic E-state index is 11.4. The number of ether oxygens (including phenoxy) is 2. The van der Waals surface area contributed by atoms with Crippen LogP contribution in [0, 0.1) is 11.8 Å². The SMILES string of the molecule is CC1CC(C)CC(Oc2cc3c(cc2N)OCC(=O)N3)C1. The van der Waals surface area contributed by atoms with Crippen molar-refractivity contribution in [1.29, 1.82) is 0 Å². The molecule has 2 unspecified atom stereocenters. The molecule has 0 saturated heterocycles. The van der Waals surface area contributed by atoms with Gasteiger partial charge in [-0.05, 0) is 31.1 Å². The zero-order valence-corrected chi connectivity index (χ0v) is 12.5. The molecule has 21 heavy (non-hydrogen) atoms. The van der Waals surface area contributed by atoms with Gasteiger partial charge in [0, 0.05) is 12.1 Å². The Morgan fingerprint density at radius 1 is 1.24 bits per heavy atom. The van der Waals surface area contributed by atoms with Gasteiger partial charge < -0.3 is 20.5 Å². The number of hydrogen-bond donors (Lipinski definition) is 2. The van der Waals surface area contributed by atoms with Crippen molar-refractivity contribution in [1.82, 2.24) is 0 Å². The Morgan fingerprint density at radius 3 is 2.67 bits per heavy atom. The van der Waals surface area contributed by atoms with Gasteiger partial charge in [-0.15, -0.1) is 0 Å². The Kier molecular flexibility index (Phi) is 3.66. The van der Waals surface area contributed by atoms with E-state index in [9.17, 15) is 4.79 Å². The highest BCUT2D eigenvalue weighted by atomic mass is 16.5. The summed E-state index contributed by atoms with van der Waals surface area (Å²) in [6, 6.07) is 3.49. The molecule has 0 radical (unpaired) electrons. The van der Waals surface area contributed by atoms with Crippen LogP contribution < -0.4 is 20.5 Å². The summed E-state index contributed by atoms with van der Waals surface area (Å²) < 4.78 is 11.4. The van der Waals surface area contributed by atoms with Crippen molar-refractivity contribution in [2.75, 3.05) is 17.7 Å². The maximum atomic E-state index is 11.4. The molecule has 1 aromatic carbocycles. The predicted molar refractivity (Wildman–Crippen MR) is 81.6 cm³/mol. The smallest absolute Gasteiger partial charge is 0.262 e. The van der Waals surface area contributed by atoms with Crippen molar-refractivity contribution >= 4 is 17.3 Å². The number of nitrogen functional groups attached to an aromatic ring is 1. The first-order valence-electron chi connectivity index (χ1n) is 7.54. The molecule has 0 aromatic heterocycles. The number of nitrogens with one attached hydrogen (secondary N) is 1. The quantitative estimate of drug-likeness (QED) is 0.821. The van der Waals surface area contributed by atoms with Crippen LogP contribution >= 0.6 is 0 Å². The molecule has 1 aliphatic carbocycles. The summed E-state index contributed by atoms with van der Waals surface area (Å²) >= 11 is 0. The first-order chi connectivity index (χ1) is 10.0. The standard InChI is InChI=1S/C16H22N2O3/c1-9-3-10(2)5-11(4-9)21-14-7-13-15(6-12(14)17)20-8-16(19)18-13/h6-7,9-11H,3-5,8,17H2,1-2H3,(H,18,19). The molecule has 1 amide bonds. The molecule has 5 heteroatoms. The minimum atomic E-state index is -0.155. The van der Waals surface area contributed by atoms with Crippen LogP contribution in [0.4, 0.5) is 11.4 Å². The monoisotopic (exact) mass is 290 g/mol. The summed E-state index contributed by atoms with van der Waals surface area (Å²) in [7, 11) is 0. The number of hydrogen-bond acceptors (Lipinski definition) is 4. The van der Waals surface area contributed by atoms with Crippen molar-refractivity contribution in [3.05, 3.63) is 12.1 Å². The van der Waals surface area contributed by atoms with Crippen LogP contribution in [0.3, 0.4) is 0 Å². The lowest BCUT2D eigenvalue weighted by molar-refractivity contribution is -0.118. The topological polar surface area (TPSA) is 73.6 Å². The van der Waals surface area contributed by atoms with Crippen LogP contribution in [0.5, 0.6) is 11.5 Å². The lowest BCUT2D eigenvalue weighted by Crippen LogP contribution is -2.29. The highest BCUT2D eigenvalue weighted by Gasteiger charge is 2.26. The third-order valence-electron chi connectivity index (χ3n) is 4.17. The van der Waals surface area contributed by atoms with E-state index in [1.807, 2.05) is 0 Å². The van der Waals surface area contributed by atoms with Crippen LogP contribution in [0.15, 0.2) is 12.1 Å². The summed E-state index contributed by atoms with van der Waals surface area (Å²) in [4.78, 5) is 11.4. The second kappa shape index (κ2) is 5.47. The highest BCUT2D eigenvalue weighted by molar-refractivity contribution is 5.96. The lowest BCUT2D eigenvalue weighted by atomic mass is 9.82. The minimum absolute atomic E-state index is 0.0320. The zero-order valence-electron chi connectivity index (χ0n) is 12.5. The van der Waals surface area contributed by atoms with Gasteiger partial charge in [-0.2, -0.15) is 0 Å². The lowest BCUT2D eigenvalue weighted by Gasteiger charge is -2.32. The minimum Gasteiger partial charge on any atom is -0.488 e. The third kappa shape index (κ3) is 3.06. The Balaban J connectivity index is 1.79. The summed E-state index contributed by atoms with van der Waals surface area (Å²) in [5, 5.41) is 2.78. The molecule has 1 aliphatic heterocycles. The van der Waals surface area contributed by atoms with Gasteiger partial charge in [-0.25, -0.2) is 0 Å². The fourth-order valence-corrected chi connectivity index (χ4v) is 3.37. The van der Waals surface area contributed by atoms with Gasteiger partial charge in [0.1, 0.15) is 11.5 Å². The molecule has 5 nitrogen and oxygen atoms in total. The summed E-state index contributed by atoms with van der Waals surface area (Å²) in [5.74, 6) is 2.41. The van der Waals surface area contributed by atoms with Gasteiger partial charge in [0.15, 0.2) is 6.61 Å². The molecule has 1 aromatic rings. The Labute approximate surface area is 124 Å². The number of nitrogens with two attached hydrogens (primary N) is 1. The average Bonchev–Trinajstić information content (AvgIpc) is 2.39. The molecule has 1 heterocycles. The molecule has 114 valence electrons. The Hall–Kier alpha value is -1.91. The van der Waals surface area contributed by atoms with Crippen molar-refractivity contribution in [3.8, 4) is 11.5 Å². The number of amides is 1. The summed E-state index contributed by atoms with van der Waals surface area (Å²) in [5.41, 5.74) is 7.23.